The summed E-state index contributed by atoms with van der Waals surface area (Å²) in [4.78, 5) is 24.0. The Kier molecular flexibility index (Phi) is 3.83. The van der Waals surface area contributed by atoms with Gasteiger partial charge in [0.05, 0.1) is 0 Å². The molecule has 0 unspecified atom stereocenters. The van der Waals surface area contributed by atoms with E-state index in [1.54, 1.807) is 11.2 Å². The molecule has 20 heavy (non-hydrogen) atoms. The van der Waals surface area contributed by atoms with E-state index in [1.165, 1.54) is 0 Å². The summed E-state index contributed by atoms with van der Waals surface area (Å²) >= 11 is 0. The van der Waals surface area contributed by atoms with Crippen molar-refractivity contribution in [3.8, 4) is 0 Å². The van der Waals surface area contributed by atoms with Gasteiger partial charge < -0.3 is 14.5 Å². The number of hydrogen-bond donors (Lipinski definition) is 0. The first kappa shape index (κ1) is 14.6. The molecule has 0 radical (unpaired) electrons. The SMILES string of the molecule is CN(C)c1ncncc1C1CN(C(=O)OC(C)(C)C)C1. The Morgan fingerprint density at radius 2 is 2.05 bits per heavy atom. The van der Waals surface area contributed by atoms with Gasteiger partial charge in [-0.1, -0.05) is 0 Å². The first-order chi connectivity index (χ1) is 9.28. The molecular weight excluding hydrogens is 256 g/mol. The molecule has 1 saturated heterocycles. The Morgan fingerprint density at radius 3 is 2.60 bits per heavy atom. The lowest BCUT2D eigenvalue weighted by Gasteiger charge is -2.40. The zero-order valence-corrected chi connectivity index (χ0v) is 12.8. The highest BCUT2D eigenvalue weighted by Gasteiger charge is 2.36. The molecule has 0 aromatic carbocycles. The Morgan fingerprint density at radius 1 is 1.40 bits per heavy atom. The standard InChI is InChI=1S/C14H22N4O2/c1-14(2,3)20-13(19)18-7-10(8-18)11-6-15-9-16-12(11)17(4)5/h6,9-10H,7-8H2,1-5H3. The first-order valence-corrected chi connectivity index (χ1v) is 6.73. The van der Waals surface area contributed by atoms with Gasteiger partial charge >= 0.3 is 6.09 Å². The van der Waals surface area contributed by atoms with Crippen LogP contribution in [0.2, 0.25) is 0 Å². The van der Waals surface area contributed by atoms with E-state index in [2.05, 4.69) is 9.97 Å². The maximum absolute atomic E-state index is 11.9. The van der Waals surface area contributed by atoms with Crippen molar-refractivity contribution >= 4 is 11.9 Å². The molecular formula is C14H22N4O2. The summed E-state index contributed by atoms with van der Waals surface area (Å²) in [6.07, 6.45) is 3.12. The molecule has 1 aromatic heterocycles. The second-order valence-electron chi connectivity index (χ2n) is 6.28. The summed E-state index contributed by atoms with van der Waals surface area (Å²) < 4.78 is 5.35. The highest BCUT2D eigenvalue weighted by atomic mass is 16.6. The molecule has 1 aliphatic rings. The smallest absolute Gasteiger partial charge is 0.410 e. The third-order valence-electron chi connectivity index (χ3n) is 3.12. The quantitative estimate of drug-likeness (QED) is 0.826. The minimum Gasteiger partial charge on any atom is -0.444 e. The van der Waals surface area contributed by atoms with Crippen LogP contribution in [0.1, 0.15) is 32.3 Å². The number of aromatic nitrogens is 2. The molecule has 0 atom stereocenters. The fourth-order valence-corrected chi connectivity index (χ4v) is 2.15. The first-order valence-electron chi connectivity index (χ1n) is 6.73. The van der Waals surface area contributed by atoms with Crippen molar-refractivity contribution in [2.75, 3.05) is 32.1 Å². The predicted octanol–water partition coefficient (Wildman–Crippen LogP) is 1.88. The monoisotopic (exact) mass is 278 g/mol. The number of amides is 1. The average molecular weight is 278 g/mol. The highest BCUT2D eigenvalue weighted by Crippen LogP contribution is 2.32. The summed E-state index contributed by atoms with van der Waals surface area (Å²) in [6.45, 7) is 6.93. The van der Waals surface area contributed by atoms with Gasteiger partial charge in [0.1, 0.15) is 17.7 Å². The number of nitrogens with zero attached hydrogens (tertiary/aromatic N) is 4. The van der Waals surface area contributed by atoms with Crippen molar-refractivity contribution in [1.29, 1.82) is 0 Å². The summed E-state index contributed by atoms with van der Waals surface area (Å²) in [6, 6.07) is 0. The van der Waals surface area contributed by atoms with Crippen LogP contribution in [0.4, 0.5) is 10.6 Å². The van der Waals surface area contributed by atoms with Gasteiger partial charge in [-0.05, 0) is 20.8 Å². The van der Waals surface area contributed by atoms with Gasteiger partial charge in [-0.3, -0.25) is 0 Å². The zero-order chi connectivity index (χ0) is 14.9. The molecule has 6 heteroatoms. The Balaban J connectivity index is 1.99. The number of rotatable bonds is 2. The van der Waals surface area contributed by atoms with E-state index < -0.39 is 5.60 Å². The van der Waals surface area contributed by atoms with Gasteiger partial charge in [-0.25, -0.2) is 14.8 Å². The molecule has 2 heterocycles. The second kappa shape index (κ2) is 5.26. The lowest BCUT2D eigenvalue weighted by atomic mass is 9.93. The number of anilines is 1. The number of ether oxygens (including phenoxy) is 1. The third-order valence-corrected chi connectivity index (χ3v) is 3.12. The zero-order valence-electron chi connectivity index (χ0n) is 12.8. The van der Waals surface area contributed by atoms with Crippen molar-refractivity contribution in [2.24, 2.45) is 0 Å². The minimum atomic E-state index is -0.452. The molecule has 1 fully saturated rings. The van der Waals surface area contributed by atoms with Gasteiger partial charge in [0, 0.05) is 44.9 Å². The molecule has 1 amide bonds. The highest BCUT2D eigenvalue weighted by molar-refractivity contribution is 5.70. The van der Waals surface area contributed by atoms with E-state index in [4.69, 9.17) is 4.74 Å². The van der Waals surface area contributed by atoms with Crippen LogP contribution >= 0.6 is 0 Å². The molecule has 1 aromatic rings. The van der Waals surface area contributed by atoms with Crippen LogP contribution < -0.4 is 4.90 Å². The summed E-state index contributed by atoms with van der Waals surface area (Å²) in [5.74, 6) is 1.19. The minimum absolute atomic E-state index is 0.253. The van der Waals surface area contributed by atoms with Gasteiger partial charge in [0.25, 0.3) is 0 Å². The van der Waals surface area contributed by atoms with Crippen LogP contribution in [0.5, 0.6) is 0 Å². The summed E-state index contributed by atoms with van der Waals surface area (Å²) in [7, 11) is 3.91. The Bertz CT molecular complexity index is 490. The third kappa shape index (κ3) is 3.18. The van der Waals surface area contributed by atoms with Crippen LogP contribution in [0, 0.1) is 0 Å². The van der Waals surface area contributed by atoms with E-state index >= 15 is 0 Å². The van der Waals surface area contributed by atoms with E-state index in [0.29, 0.717) is 13.1 Å². The van der Waals surface area contributed by atoms with E-state index in [0.717, 1.165) is 11.4 Å². The molecule has 0 spiro atoms. The fourth-order valence-electron chi connectivity index (χ4n) is 2.15. The molecule has 110 valence electrons. The van der Waals surface area contributed by atoms with Crippen molar-refractivity contribution < 1.29 is 9.53 Å². The normalized spacial score (nSPS) is 15.8. The van der Waals surface area contributed by atoms with Gasteiger partial charge in [0.2, 0.25) is 0 Å². The maximum Gasteiger partial charge on any atom is 0.410 e. The van der Waals surface area contributed by atoms with Crippen molar-refractivity contribution in [3.63, 3.8) is 0 Å². The average Bonchev–Trinajstić information content (AvgIpc) is 2.24. The number of hydrogen-bond acceptors (Lipinski definition) is 5. The summed E-state index contributed by atoms with van der Waals surface area (Å²) in [5.41, 5.74) is 0.629. The molecule has 0 saturated carbocycles. The van der Waals surface area contributed by atoms with Crippen LogP contribution in [-0.4, -0.2) is 53.7 Å². The molecule has 6 nitrogen and oxygen atoms in total. The van der Waals surface area contributed by atoms with Crippen LogP contribution in [0.3, 0.4) is 0 Å². The maximum atomic E-state index is 11.9. The molecule has 0 aliphatic carbocycles. The van der Waals surface area contributed by atoms with Crippen molar-refractivity contribution in [2.45, 2.75) is 32.3 Å². The lowest BCUT2D eigenvalue weighted by molar-refractivity contribution is 0.00818. The van der Waals surface area contributed by atoms with E-state index in [9.17, 15) is 4.79 Å². The molecule has 2 rings (SSSR count). The number of carbonyl (C=O) groups is 1. The molecule has 1 aliphatic heterocycles. The Labute approximate surface area is 119 Å². The largest absolute Gasteiger partial charge is 0.444 e. The van der Waals surface area contributed by atoms with Crippen molar-refractivity contribution in [1.82, 2.24) is 14.9 Å². The summed E-state index contributed by atoms with van der Waals surface area (Å²) in [5, 5.41) is 0. The second-order valence-corrected chi connectivity index (χ2v) is 6.28. The van der Waals surface area contributed by atoms with Gasteiger partial charge in [0.15, 0.2) is 0 Å². The van der Waals surface area contributed by atoms with Gasteiger partial charge in [-0.2, -0.15) is 0 Å². The predicted molar refractivity (Wildman–Crippen MR) is 76.9 cm³/mol. The van der Waals surface area contributed by atoms with Gasteiger partial charge in [-0.15, -0.1) is 0 Å². The molecule has 0 bridgehead atoms. The Hall–Kier alpha value is -1.85. The van der Waals surface area contributed by atoms with Crippen LogP contribution in [0.25, 0.3) is 0 Å². The number of carbonyl (C=O) groups excluding carboxylic acids is 1. The topological polar surface area (TPSA) is 58.6 Å². The van der Waals surface area contributed by atoms with E-state index in [-0.39, 0.29) is 12.0 Å². The fraction of sp³-hybridized carbons (Fsp3) is 0.643. The number of likely N-dealkylation sites (tertiary alicyclic amines) is 1. The van der Waals surface area contributed by atoms with E-state index in [1.807, 2.05) is 46.0 Å². The van der Waals surface area contributed by atoms with Crippen LogP contribution in [-0.2, 0) is 4.74 Å². The molecule has 0 N–H and O–H groups in total. The lowest BCUT2D eigenvalue weighted by Crippen LogP contribution is -2.50. The van der Waals surface area contributed by atoms with Crippen LogP contribution in [0.15, 0.2) is 12.5 Å². The van der Waals surface area contributed by atoms with Crippen molar-refractivity contribution in [3.05, 3.63) is 18.1 Å².